The molecule has 3 rings (SSSR count). The molecular weight excluding hydrogens is 300 g/mol. The smallest absolute Gasteiger partial charge is 0.336 e. The van der Waals surface area contributed by atoms with E-state index in [1.807, 2.05) is 0 Å². The van der Waals surface area contributed by atoms with Gasteiger partial charge in [-0.25, -0.2) is 4.79 Å². The number of carbonyl (C=O) groups excluding carboxylic acids is 1. The summed E-state index contributed by atoms with van der Waals surface area (Å²) in [5.41, 5.74) is 2.86. The second kappa shape index (κ2) is 6.33. The zero-order valence-corrected chi connectivity index (χ0v) is 15.7. The minimum absolute atomic E-state index is 0.214. The van der Waals surface area contributed by atoms with Crippen LogP contribution in [0.5, 0.6) is 0 Å². The Hall–Kier alpha value is -1.09. The van der Waals surface area contributed by atoms with Crippen molar-refractivity contribution in [3.8, 4) is 0 Å². The lowest BCUT2D eigenvalue weighted by Crippen LogP contribution is -2.49. The first-order valence-electron chi connectivity index (χ1n) is 9.38. The number of carbonyl (C=O) groups is 1. The molecule has 2 aliphatic carbocycles. The minimum Gasteiger partial charge on any atom is -0.432 e. The lowest BCUT2D eigenvalue weighted by atomic mass is 9.47. The van der Waals surface area contributed by atoms with E-state index in [1.54, 1.807) is 7.11 Å². The van der Waals surface area contributed by atoms with Crippen molar-refractivity contribution in [3.05, 3.63) is 23.8 Å². The van der Waals surface area contributed by atoms with Crippen molar-refractivity contribution in [2.24, 2.45) is 22.7 Å². The van der Waals surface area contributed by atoms with Crippen LogP contribution in [0.15, 0.2) is 23.8 Å². The fourth-order valence-corrected chi connectivity index (χ4v) is 5.77. The molecule has 24 heavy (non-hydrogen) atoms. The van der Waals surface area contributed by atoms with Gasteiger partial charge >= 0.3 is 5.97 Å². The SMILES string of the molecule is C=C1CC[C@H]2C(C)(C)CCC[C@]2(C)[C@H]1C/C=C1/C[C@@H](OC)OC1=O. The molecule has 0 N–H and O–H groups in total. The highest BCUT2D eigenvalue weighted by Gasteiger charge is 2.52. The van der Waals surface area contributed by atoms with Crippen LogP contribution in [0.25, 0.3) is 0 Å². The van der Waals surface area contributed by atoms with Crippen molar-refractivity contribution >= 4 is 5.97 Å². The highest BCUT2D eigenvalue weighted by Crippen LogP contribution is 2.61. The monoisotopic (exact) mass is 332 g/mol. The van der Waals surface area contributed by atoms with Crippen LogP contribution >= 0.6 is 0 Å². The maximum Gasteiger partial charge on any atom is 0.336 e. The lowest BCUT2D eigenvalue weighted by Gasteiger charge is -2.58. The molecule has 134 valence electrons. The number of methoxy groups -OCH3 is 1. The van der Waals surface area contributed by atoms with Crippen LogP contribution in [0.3, 0.4) is 0 Å². The number of esters is 1. The fourth-order valence-electron chi connectivity index (χ4n) is 5.77. The molecule has 1 saturated heterocycles. The zero-order valence-electron chi connectivity index (χ0n) is 15.7. The molecule has 2 saturated carbocycles. The van der Waals surface area contributed by atoms with Crippen LogP contribution in [-0.4, -0.2) is 19.4 Å². The number of hydrogen-bond donors (Lipinski definition) is 0. The molecule has 0 radical (unpaired) electrons. The second-order valence-electron chi connectivity index (χ2n) is 8.89. The van der Waals surface area contributed by atoms with E-state index in [2.05, 4.69) is 33.4 Å². The Morgan fingerprint density at radius 2 is 2.08 bits per heavy atom. The largest absolute Gasteiger partial charge is 0.432 e. The summed E-state index contributed by atoms with van der Waals surface area (Å²) in [6.07, 6.45) is 9.47. The first-order valence-corrected chi connectivity index (χ1v) is 9.38. The van der Waals surface area contributed by atoms with Gasteiger partial charge in [-0.2, -0.15) is 0 Å². The topological polar surface area (TPSA) is 35.5 Å². The molecule has 3 nitrogen and oxygen atoms in total. The minimum atomic E-state index is -0.407. The van der Waals surface area contributed by atoms with E-state index in [4.69, 9.17) is 9.47 Å². The Kier molecular flexibility index (Phi) is 4.67. The molecule has 3 fully saturated rings. The summed E-state index contributed by atoms with van der Waals surface area (Å²) >= 11 is 0. The van der Waals surface area contributed by atoms with Gasteiger partial charge in [0, 0.05) is 19.1 Å². The third-order valence-electron chi connectivity index (χ3n) is 7.07. The van der Waals surface area contributed by atoms with Gasteiger partial charge in [-0.1, -0.05) is 45.4 Å². The highest BCUT2D eigenvalue weighted by atomic mass is 16.7. The Bertz CT molecular complexity index is 559. The lowest BCUT2D eigenvalue weighted by molar-refractivity contribution is -0.156. The summed E-state index contributed by atoms with van der Waals surface area (Å²) in [6.45, 7) is 11.8. The van der Waals surface area contributed by atoms with E-state index >= 15 is 0 Å². The Morgan fingerprint density at radius 3 is 2.75 bits per heavy atom. The average Bonchev–Trinajstić information content (AvgIpc) is 2.86. The average molecular weight is 332 g/mol. The molecule has 0 aromatic carbocycles. The maximum absolute atomic E-state index is 12.0. The van der Waals surface area contributed by atoms with Crippen molar-refractivity contribution in [2.75, 3.05) is 7.11 Å². The normalized spacial score (nSPS) is 40.5. The van der Waals surface area contributed by atoms with Crippen LogP contribution in [0, 0.1) is 22.7 Å². The number of allylic oxidation sites excluding steroid dienone is 2. The Morgan fingerprint density at radius 1 is 1.33 bits per heavy atom. The van der Waals surface area contributed by atoms with Crippen LogP contribution in [0.2, 0.25) is 0 Å². The van der Waals surface area contributed by atoms with E-state index < -0.39 is 6.29 Å². The van der Waals surface area contributed by atoms with E-state index in [-0.39, 0.29) is 5.97 Å². The van der Waals surface area contributed by atoms with Gasteiger partial charge < -0.3 is 9.47 Å². The summed E-state index contributed by atoms with van der Waals surface area (Å²) in [5.74, 6) is 1.00. The van der Waals surface area contributed by atoms with E-state index in [0.29, 0.717) is 23.2 Å². The third kappa shape index (κ3) is 2.96. The van der Waals surface area contributed by atoms with Crippen molar-refractivity contribution in [1.29, 1.82) is 0 Å². The molecule has 4 atom stereocenters. The van der Waals surface area contributed by atoms with Gasteiger partial charge in [0.15, 0.2) is 0 Å². The summed E-state index contributed by atoms with van der Waals surface area (Å²) in [5, 5.41) is 0. The second-order valence-corrected chi connectivity index (χ2v) is 8.89. The van der Waals surface area contributed by atoms with E-state index in [1.165, 1.54) is 31.3 Å². The van der Waals surface area contributed by atoms with Crippen molar-refractivity contribution < 1.29 is 14.3 Å². The van der Waals surface area contributed by atoms with Gasteiger partial charge in [-0.05, 0) is 54.8 Å². The summed E-state index contributed by atoms with van der Waals surface area (Å²) in [7, 11) is 1.58. The molecule has 1 heterocycles. The predicted molar refractivity (Wildman–Crippen MR) is 95.3 cm³/mol. The van der Waals surface area contributed by atoms with Crippen LogP contribution in [0.1, 0.15) is 65.7 Å². The standard InChI is InChI=1S/C21H32O3/c1-14-7-10-17-20(2,3)11-6-12-21(17,4)16(14)9-8-15-13-18(23-5)24-19(15)22/h8,16-18H,1,6-7,9-13H2,2-5H3/b15-8-/t16-,17-,18-,21+/m0/s1. The molecule has 0 aromatic rings. The molecule has 0 spiro atoms. The molecular formula is C21H32O3. The van der Waals surface area contributed by atoms with E-state index in [0.717, 1.165) is 24.3 Å². The quantitative estimate of drug-likeness (QED) is 0.413. The molecule has 0 bridgehead atoms. The number of rotatable bonds is 3. The number of hydrogen-bond acceptors (Lipinski definition) is 3. The van der Waals surface area contributed by atoms with Gasteiger partial charge in [0.05, 0.1) is 0 Å². The number of fused-ring (bicyclic) bond motifs is 1. The summed E-state index contributed by atoms with van der Waals surface area (Å²) in [4.78, 5) is 12.0. The number of ether oxygens (including phenoxy) is 2. The highest BCUT2D eigenvalue weighted by molar-refractivity contribution is 5.90. The van der Waals surface area contributed by atoms with Crippen LogP contribution < -0.4 is 0 Å². The Labute approximate surface area is 146 Å². The predicted octanol–water partition coefficient (Wildman–Crippen LogP) is 5.02. The van der Waals surface area contributed by atoms with Gasteiger partial charge in [0.25, 0.3) is 0 Å². The van der Waals surface area contributed by atoms with E-state index in [9.17, 15) is 4.79 Å². The fraction of sp³-hybridized carbons (Fsp3) is 0.762. The van der Waals surface area contributed by atoms with Gasteiger partial charge in [-0.15, -0.1) is 0 Å². The number of cyclic esters (lactones) is 1. The van der Waals surface area contributed by atoms with Crippen LogP contribution in [0.4, 0.5) is 0 Å². The summed E-state index contributed by atoms with van der Waals surface area (Å²) < 4.78 is 10.4. The molecule has 0 amide bonds. The van der Waals surface area contributed by atoms with Gasteiger partial charge in [0.2, 0.25) is 6.29 Å². The molecule has 3 aliphatic rings. The van der Waals surface area contributed by atoms with Crippen LogP contribution in [-0.2, 0) is 14.3 Å². The molecule has 1 aliphatic heterocycles. The first kappa shape index (κ1) is 17.7. The molecule has 0 aromatic heterocycles. The molecule has 3 heteroatoms. The molecule has 0 unspecified atom stereocenters. The Balaban J connectivity index is 1.81. The van der Waals surface area contributed by atoms with Gasteiger partial charge in [0.1, 0.15) is 0 Å². The van der Waals surface area contributed by atoms with Crippen molar-refractivity contribution in [3.63, 3.8) is 0 Å². The maximum atomic E-state index is 12.0. The first-order chi connectivity index (χ1) is 11.3. The summed E-state index contributed by atoms with van der Waals surface area (Å²) in [6, 6.07) is 0. The van der Waals surface area contributed by atoms with Crippen molar-refractivity contribution in [2.45, 2.75) is 72.0 Å². The van der Waals surface area contributed by atoms with Gasteiger partial charge in [-0.3, -0.25) is 0 Å². The third-order valence-corrected chi connectivity index (χ3v) is 7.07. The zero-order chi connectivity index (χ0) is 17.5. The van der Waals surface area contributed by atoms with Crippen molar-refractivity contribution in [1.82, 2.24) is 0 Å².